The highest BCUT2D eigenvalue weighted by Crippen LogP contribution is 2.36. The van der Waals surface area contributed by atoms with Crippen molar-refractivity contribution in [3.05, 3.63) is 0 Å². The molecule has 1 aromatic rings. The molecule has 144 valence electrons. The van der Waals surface area contributed by atoms with Gasteiger partial charge in [0.2, 0.25) is 16.9 Å². The van der Waals surface area contributed by atoms with Crippen molar-refractivity contribution in [2.75, 3.05) is 10.7 Å². The van der Waals surface area contributed by atoms with Gasteiger partial charge in [0.25, 0.3) is 0 Å². The highest BCUT2D eigenvalue weighted by atomic mass is 32.2. The van der Waals surface area contributed by atoms with E-state index in [-0.39, 0.29) is 23.9 Å². The minimum absolute atomic E-state index is 0.0568. The van der Waals surface area contributed by atoms with Crippen LogP contribution >= 0.6 is 23.1 Å². The molecule has 8 heteroatoms. The van der Waals surface area contributed by atoms with Gasteiger partial charge in [0.1, 0.15) is 0 Å². The van der Waals surface area contributed by atoms with Crippen LogP contribution in [0.4, 0.5) is 5.13 Å². The van der Waals surface area contributed by atoms with E-state index in [1.165, 1.54) is 35.9 Å². The number of carbonyl (C=O) groups excluding carboxylic acids is 2. The van der Waals surface area contributed by atoms with E-state index in [2.05, 4.69) is 29.4 Å². The van der Waals surface area contributed by atoms with E-state index >= 15 is 0 Å². The number of anilines is 1. The van der Waals surface area contributed by atoms with Crippen molar-refractivity contribution in [1.29, 1.82) is 0 Å². The third kappa shape index (κ3) is 4.76. The Labute approximate surface area is 163 Å². The molecule has 1 heterocycles. The van der Waals surface area contributed by atoms with Gasteiger partial charge in [0.15, 0.2) is 4.34 Å². The number of nitrogens with zero attached hydrogens (tertiary/aromatic N) is 3. The third-order valence-corrected chi connectivity index (χ3v) is 7.52. The minimum Gasteiger partial charge on any atom is -0.352 e. The average molecular weight is 397 g/mol. The number of rotatable bonds is 7. The standard InChI is InChI=1S/C18H28N4O2S2/c1-4-16(24)22(13-8-9-13)17-20-21-18(26-17)25-10-15(23)19-14-7-5-6-11(2)12(14)3/h11-14H,4-10H2,1-3H3,(H,19,23). The van der Waals surface area contributed by atoms with Gasteiger partial charge in [0, 0.05) is 18.5 Å². The summed E-state index contributed by atoms with van der Waals surface area (Å²) in [5.41, 5.74) is 0. The van der Waals surface area contributed by atoms with Crippen LogP contribution in [0.15, 0.2) is 4.34 Å². The van der Waals surface area contributed by atoms with Crippen molar-refractivity contribution in [1.82, 2.24) is 15.5 Å². The molecule has 2 fully saturated rings. The van der Waals surface area contributed by atoms with Crippen LogP contribution in [0.2, 0.25) is 0 Å². The number of amides is 2. The predicted molar refractivity (Wildman–Crippen MR) is 106 cm³/mol. The van der Waals surface area contributed by atoms with Gasteiger partial charge >= 0.3 is 0 Å². The lowest BCUT2D eigenvalue weighted by atomic mass is 9.78. The van der Waals surface area contributed by atoms with E-state index < -0.39 is 0 Å². The first-order chi connectivity index (χ1) is 12.5. The molecule has 1 aromatic heterocycles. The van der Waals surface area contributed by atoms with Crippen LogP contribution < -0.4 is 10.2 Å². The normalized spacial score (nSPS) is 25.7. The Balaban J connectivity index is 1.51. The summed E-state index contributed by atoms with van der Waals surface area (Å²) in [4.78, 5) is 26.2. The largest absolute Gasteiger partial charge is 0.352 e. The lowest BCUT2D eigenvalue weighted by molar-refractivity contribution is -0.120. The number of hydrogen-bond acceptors (Lipinski definition) is 6. The van der Waals surface area contributed by atoms with Gasteiger partial charge in [-0.05, 0) is 31.1 Å². The van der Waals surface area contributed by atoms with Crippen LogP contribution in [0.25, 0.3) is 0 Å². The van der Waals surface area contributed by atoms with Crippen LogP contribution in [0, 0.1) is 11.8 Å². The number of hydrogen-bond donors (Lipinski definition) is 1. The van der Waals surface area contributed by atoms with Gasteiger partial charge in [-0.3, -0.25) is 14.5 Å². The van der Waals surface area contributed by atoms with Crippen LogP contribution in [0.3, 0.4) is 0 Å². The smallest absolute Gasteiger partial charge is 0.230 e. The lowest BCUT2D eigenvalue weighted by Gasteiger charge is -2.34. The van der Waals surface area contributed by atoms with E-state index in [9.17, 15) is 9.59 Å². The molecule has 2 amide bonds. The van der Waals surface area contributed by atoms with E-state index in [1.54, 1.807) is 4.90 Å². The molecule has 2 saturated carbocycles. The molecule has 0 aliphatic heterocycles. The predicted octanol–water partition coefficient (Wildman–Crippen LogP) is 3.48. The van der Waals surface area contributed by atoms with E-state index in [4.69, 9.17) is 0 Å². The molecule has 3 unspecified atom stereocenters. The molecular formula is C18H28N4O2S2. The van der Waals surface area contributed by atoms with Crippen molar-refractivity contribution in [2.24, 2.45) is 11.8 Å². The maximum Gasteiger partial charge on any atom is 0.230 e. The van der Waals surface area contributed by atoms with Gasteiger partial charge in [-0.1, -0.05) is 56.7 Å². The first-order valence-electron chi connectivity index (χ1n) is 9.57. The fourth-order valence-electron chi connectivity index (χ4n) is 3.49. The second-order valence-electron chi connectivity index (χ2n) is 7.43. The van der Waals surface area contributed by atoms with Gasteiger partial charge < -0.3 is 5.32 Å². The molecule has 0 bridgehead atoms. The summed E-state index contributed by atoms with van der Waals surface area (Å²) >= 11 is 2.81. The molecule has 0 spiro atoms. The summed E-state index contributed by atoms with van der Waals surface area (Å²) in [6, 6.07) is 0.565. The van der Waals surface area contributed by atoms with Crippen molar-refractivity contribution in [2.45, 2.75) is 75.7 Å². The van der Waals surface area contributed by atoms with Gasteiger partial charge in [-0.15, -0.1) is 10.2 Å². The number of nitrogens with one attached hydrogen (secondary N) is 1. The summed E-state index contributed by atoms with van der Waals surface area (Å²) in [6.07, 6.45) is 6.05. The maximum atomic E-state index is 12.3. The lowest BCUT2D eigenvalue weighted by Crippen LogP contribution is -2.44. The Morgan fingerprint density at radius 2 is 2.00 bits per heavy atom. The van der Waals surface area contributed by atoms with Crippen molar-refractivity contribution in [3.63, 3.8) is 0 Å². The van der Waals surface area contributed by atoms with Crippen molar-refractivity contribution < 1.29 is 9.59 Å². The number of aromatic nitrogens is 2. The Morgan fingerprint density at radius 1 is 1.23 bits per heavy atom. The number of thioether (sulfide) groups is 1. The third-order valence-electron chi connectivity index (χ3n) is 5.47. The molecule has 0 aromatic carbocycles. The molecule has 3 atom stereocenters. The summed E-state index contributed by atoms with van der Waals surface area (Å²) in [6.45, 7) is 6.37. The quantitative estimate of drug-likeness (QED) is 0.564. The van der Waals surface area contributed by atoms with Crippen LogP contribution in [0.1, 0.15) is 59.3 Å². The van der Waals surface area contributed by atoms with Crippen LogP contribution in [-0.4, -0.2) is 39.8 Å². The monoisotopic (exact) mass is 396 g/mol. The molecule has 2 aliphatic rings. The summed E-state index contributed by atoms with van der Waals surface area (Å²) in [5.74, 6) is 1.69. The highest BCUT2D eigenvalue weighted by Gasteiger charge is 2.35. The van der Waals surface area contributed by atoms with E-state index in [0.29, 0.717) is 29.1 Å². The van der Waals surface area contributed by atoms with Crippen molar-refractivity contribution in [3.8, 4) is 0 Å². The van der Waals surface area contributed by atoms with Crippen LogP contribution in [-0.2, 0) is 9.59 Å². The van der Waals surface area contributed by atoms with Gasteiger partial charge in [-0.25, -0.2) is 0 Å². The topological polar surface area (TPSA) is 75.2 Å². The highest BCUT2D eigenvalue weighted by molar-refractivity contribution is 8.01. The summed E-state index contributed by atoms with van der Waals surface area (Å²) in [5, 5.41) is 12.2. The second kappa shape index (κ2) is 8.69. The molecular weight excluding hydrogens is 368 g/mol. The molecule has 0 radical (unpaired) electrons. The summed E-state index contributed by atoms with van der Waals surface area (Å²) < 4.78 is 0.745. The zero-order valence-electron chi connectivity index (χ0n) is 15.7. The number of carbonyl (C=O) groups is 2. The first kappa shape index (κ1) is 19.6. The molecule has 26 heavy (non-hydrogen) atoms. The Hall–Kier alpha value is -1.15. The minimum atomic E-state index is 0.0568. The Morgan fingerprint density at radius 3 is 2.69 bits per heavy atom. The fourth-order valence-corrected chi connectivity index (χ4v) is 5.23. The van der Waals surface area contributed by atoms with E-state index in [0.717, 1.165) is 23.6 Å². The zero-order valence-corrected chi connectivity index (χ0v) is 17.4. The Kier molecular flexibility index (Phi) is 6.55. The summed E-state index contributed by atoms with van der Waals surface area (Å²) in [7, 11) is 0. The molecule has 1 N–H and O–H groups in total. The average Bonchev–Trinajstić information content (AvgIpc) is 3.35. The van der Waals surface area contributed by atoms with E-state index in [1.807, 2.05) is 6.92 Å². The molecule has 2 aliphatic carbocycles. The first-order valence-corrected chi connectivity index (χ1v) is 11.4. The maximum absolute atomic E-state index is 12.3. The van der Waals surface area contributed by atoms with Gasteiger partial charge in [-0.2, -0.15) is 0 Å². The molecule has 6 nitrogen and oxygen atoms in total. The SMILES string of the molecule is CCC(=O)N(c1nnc(SCC(=O)NC2CCCC(C)C2C)s1)C1CC1. The van der Waals surface area contributed by atoms with Crippen LogP contribution in [0.5, 0.6) is 0 Å². The zero-order chi connectivity index (χ0) is 18.7. The second-order valence-corrected chi connectivity index (χ2v) is 9.61. The van der Waals surface area contributed by atoms with Gasteiger partial charge in [0.05, 0.1) is 5.75 Å². The molecule has 3 rings (SSSR count). The Bertz CT molecular complexity index is 647. The van der Waals surface area contributed by atoms with Crippen molar-refractivity contribution >= 4 is 40.0 Å². The molecule has 0 saturated heterocycles. The fraction of sp³-hybridized carbons (Fsp3) is 0.778.